The van der Waals surface area contributed by atoms with Crippen LogP contribution in [-0.2, 0) is 4.79 Å². The molecule has 2 rings (SSSR count). The summed E-state index contributed by atoms with van der Waals surface area (Å²) in [5, 5.41) is 11.8. The van der Waals surface area contributed by atoms with Crippen molar-refractivity contribution in [3.05, 3.63) is 35.6 Å². The molecule has 0 bridgehead atoms. The maximum atomic E-state index is 12.2. The Morgan fingerprint density at radius 1 is 1.38 bits per heavy atom. The van der Waals surface area contributed by atoms with Crippen LogP contribution in [0.25, 0.3) is 0 Å². The molecule has 0 fully saturated rings. The van der Waals surface area contributed by atoms with E-state index in [4.69, 9.17) is 11.6 Å². The van der Waals surface area contributed by atoms with Gasteiger partial charge in [-0.05, 0) is 39.0 Å². The highest BCUT2D eigenvalue weighted by Crippen LogP contribution is 2.24. The number of nitrogens with zero attached hydrogens (tertiary/aromatic N) is 3. The van der Waals surface area contributed by atoms with E-state index in [-0.39, 0.29) is 17.2 Å². The van der Waals surface area contributed by atoms with E-state index in [9.17, 15) is 4.79 Å². The van der Waals surface area contributed by atoms with Gasteiger partial charge in [-0.15, -0.1) is 10.2 Å². The van der Waals surface area contributed by atoms with Crippen molar-refractivity contribution < 1.29 is 4.79 Å². The molecule has 5 nitrogen and oxygen atoms in total. The van der Waals surface area contributed by atoms with Crippen LogP contribution in [0, 0.1) is 0 Å². The van der Waals surface area contributed by atoms with Crippen molar-refractivity contribution in [3.8, 4) is 0 Å². The van der Waals surface area contributed by atoms with Gasteiger partial charge >= 0.3 is 0 Å². The summed E-state index contributed by atoms with van der Waals surface area (Å²) in [7, 11) is 0. The first-order valence-corrected chi connectivity index (χ1v) is 7.85. The fourth-order valence-electron chi connectivity index (χ4n) is 1.69. The number of benzene rings is 1. The minimum atomic E-state index is -0.286. The molecule has 1 heterocycles. The lowest BCUT2D eigenvalue weighted by Gasteiger charge is -2.14. The third kappa shape index (κ3) is 4.22. The van der Waals surface area contributed by atoms with Crippen LogP contribution in [-0.4, -0.2) is 25.9 Å². The van der Waals surface area contributed by atoms with Crippen LogP contribution < -0.4 is 5.32 Å². The van der Waals surface area contributed by atoms with Gasteiger partial charge in [0.15, 0.2) is 5.16 Å². The summed E-state index contributed by atoms with van der Waals surface area (Å²) in [4.78, 5) is 12.2. The van der Waals surface area contributed by atoms with E-state index in [1.54, 1.807) is 30.6 Å². The number of anilines is 1. The number of carbonyl (C=O) groups is 1. The summed E-state index contributed by atoms with van der Waals surface area (Å²) in [5.41, 5.74) is 0.685. The van der Waals surface area contributed by atoms with E-state index in [1.807, 2.05) is 25.3 Å². The van der Waals surface area contributed by atoms with E-state index in [0.717, 1.165) is 5.16 Å². The Kier molecular flexibility index (Phi) is 5.25. The molecule has 0 unspecified atom stereocenters. The zero-order valence-corrected chi connectivity index (χ0v) is 13.6. The number of carbonyl (C=O) groups excluding carboxylic acids is 1. The molecule has 0 saturated carbocycles. The summed E-state index contributed by atoms with van der Waals surface area (Å²) in [5.74, 6) is -0.0967. The number of nitrogens with one attached hydrogen (secondary N) is 1. The van der Waals surface area contributed by atoms with Crippen molar-refractivity contribution in [2.24, 2.45) is 0 Å². The van der Waals surface area contributed by atoms with E-state index < -0.39 is 0 Å². The highest BCUT2D eigenvalue weighted by Gasteiger charge is 2.18. The van der Waals surface area contributed by atoms with E-state index >= 15 is 0 Å². The topological polar surface area (TPSA) is 59.8 Å². The number of amides is 1. The smallest absolute Gasteiger partial charge is 0.237 e. The number of rotatable bonds is 5. The van der Waals surface area contributed by atoms with Gasteiger partial charge in [0.25, 0.3) is 0 Å². The van der Waals surface area contributed by atoms with Crippen LogP contribution in [0.3, 0.4) is 0 Å². The maximum Gasteiger partial charge on any atom is 0.237 e. The third-order valence-corrected chi connectivity index (χ3v) is 4.15. The van der Waals surface area contributed by atoms with Gasteiger partial charge in [0.05, 0.1) is 5.25 Å². The van der Waals surface area contributed by atoms with E-state index in [0.29, 0.717) is 10.7 Å². The van der Waals surface area contributed by atoms with Crippen molar-refractivity contribution in [2.75, 3.05) is 5.32 Å². The molecule has 0 spiro atoms. The average Bonchev–Trinajstić information content (AvgIpc) is 2.87. The predicted molar refractivity (Wildman–Crippen MR) is 85.8 cm³/mol. The summed E-state index contributed by atoms with van der Waals surface area (Å²) in [6.45, 7) is 5.93. The van der Waals surface area contributed by atoms with Gasteiger partial charge in [0, 0.05) is 16.8 Å². The first-order valence-electron chi connectivity index (χ1n) is 6.60. The van der Waals surface area contributed by atoms with Gasteiger partial charge in [-0.3, -0.25) is 4.79 Å². The SMILES string of the molecule is CC(C)n1cnnc1S[C@@H](C)C(=O)Nc1cccc(Cl)c1. The summed E-state index contributed by atoms with van der Waals surface area (Å²) in [6.07, 6.45) is 1.68. The van der Waals surface area contributed by atoms with Gasteiger partial charge in [-0.25, -0.2) is 0 Å². The quantitative estimate of drug-likeness (QED) is 0.853. The molecule has 1 atom stereocenters. The molecule has 2 aromatic rings. The zero-order valence-electron chi connectivity index (χ0n) is 12.1. The molecule has 0 saturated heterocycles. The van der Waals surface area contributed by atoms with Crippen molar-refractivity contribution in [2.45, 2.75) is 37.2 Å². The fourth-order valence-corrected chi connectivity index (χ4v) is 2.84. The molecule has 0 radical (unpaired) electrons. The third-order valence-electron chi connectivity index (χ3n) is 2.84. The van der Waals surface area contributed by atoms with Gasteiger partial charge < -0.3 is 9.88 Å². The van der Waals surface area contributed by atoms with Crippen LogP contribution >= 0.6 is 23.4 Å². The van der Waals surface area contributed by atoms with Gasteiger partial charge in [-0.2, -0.15) is 0 Å². The number of halogens is 1. The van der Waals surface area contributed by atoms with Crippen LogP contribution in [0.1, 0.15) is 26.8 Å². The average molecular weight is 325 g/mol. The molecule has 0 aliphatic carbocycles. The Balaban J connectivity index is 2.01. The lowest BCUT2D eigenvalue weighted by atomic mass is 10.3. The van der Waals surface area contributed by atoms with Crippen molar-refractivity contribution >= 4 is 35.0 Å². The summed E-state index contributed by atoms with van der Waals surface area (Å²) >= 11 is 7.28. The molecule has 0 aliphatic heterocycles. The summed E-state index contributed by atoms with van der Waals surface area (Å²) in [6, 6.07) is 7.34. The Bertz CT molecular complexity index is 629. The molecular weight excluding hydrogens is 308 g/mol. The van der Waals surface area contributed by atoms with Crippen molar-refractivity contribution in [1.29, 1.82) is 0 Å². The normalized spacial score (nSPS) is 12.4. The minimum absolute atomic E-state index is 0.0967. The van der Waals surface area contributed by atoms with Crippen LogP contribution in [0.5, 0.6) is 0 Å². The molecule has 1 N–H and O–H groups in total. The molecule has 112 valence electrons. The largest absolute Gasteiger partial charge is 0.325 e. The molecule has 0 aliphatic rings. The van der Waals surface area contributed by atoms with Crippen molar-refractivity contribution in [1.82, 2.24) is 14.8 Å². The standard InChI is InChI=1S/C14H17ClN4OS/c1-9(2)19-8-16-18-14(19)21-10(3)13(20)17-12-6-4-5-11(15)7-12/h4-10H,1-3H3,(H,17,20)/t10-/m0/s1. The minimum Gasteiger partial charge on any atom is -0.325 e. The van der Waals surface area contributed by atoms with E-state index in [1.165, 1.54) is 11.8 Å². The van der Waals surface area contributed by atoms with Gasteiger partial charge in [0.1, 0.15) is 6.33 Å². The highest BCUT2D eigenvalue weighted by molar-refractivity contribution is 8.00. The Labute approximate surface area is 133 Å². The molecule has 1 aromatic heterocycles. The second kappa shape index (κ2) is 6.95. The van der Waals surface area contributed by atoms with Gasteiger partial charge in [0.2, 0.25) is 5.91 Å². The second-order valence-corrected chi connectivity index (χ2v) is 6.62. The Morgan fingerprint density at radius 3 is 2.81 bits per heavy atom. The first-order chi connectivity index (χ1) is 9.97. The highest BCUT2D eigenvalue weighted by atomic mass is 35.5. The zero-order chi connectivity index (χ0) is 15.4. The molecule has 1 amide bonds. The Morgan fingerprint density at radius 2 is 2.14 bits per heavy atom. The lowest BCUT2D eigenvalue weighted by molar-refractivity contribution is -0.115. The van der Waals surface area contributed by atoms with Crippen molar-refractivity contribution in [3.63, 3.8) is 0 Å². The molecular formula is C14H17ClN4OS. The van der Waals surface area contributed by atoms with Gasteiger partial charge in [-0.1, -0.05) is 29.4 Å². The van der Waals surface area contributed by atoms with Crippen LogP contribution in [0.4, 0.5) is 5.69 Å². The fraction of sp³-hybridized carbons (Fsp3) is 0.357. The maximum absolute atomic E-state index is 12.2. The van der Waals surface area contributed by atoms with E-state index in [2.05, 4.69) is 15.5 Å². The number of thioether (sulfide) groups is 1. The summed E-state index contributed by atoms with van der Waals surface area (Å²) < 4.78 is 1.94. The Hall–Kier alpha value is -1.53. The predicted octanol–water partition coefficient (Wildman–Crippen LogP) is 3.63. The van der Waals surface area contributed by atoms with Crippen LogP contribution in [0.2, 0.25) is 5.02 Å². The molecule has 21 heavy (non-hydrogen) atoms. The molecule has 1 aromatic carbocycles. The lowest BCUT2D eigenvalue weighted by Crippen LogP contribution is -2.23. The monoisotopic (exact) mass is 324 g/mol. The van der Waals surface area contributed by atoms with Crippen LogP contribution in [0.15, 0.2) is 35.7 Å². The first kappa shape index (κ1) is 15.9. The number of hydrogen-bond acceptors (Lipinski definition) is 4. The molecule has 7 heteroatoms. The second-order valence-electron chi connectivity index (χ2n) is 4.87. The number of hydrogen-bond donors (Lipinski definition) is 1. The number of aromatic nitrogens is 3.